The Morgan fingerprint density at radius 2 is 2.06 bits per heavy atom. The summed E-state index contributed by atoms with van der Waals surface area (Å²) in [7, 11) is 0. The number of halogens is 1. The molecular formula is C11H13BrN2O3. The monoisotopic (exact) mass is 300 g/mol. The van der Waals surface area contributed by atoms with Gasteiger partial charge in [-0.3, -0.25) is 4.79 Å². The van der Waals surface area contributed by atoms with Crippen LogP contribution in [0.1, 0.15) is 12.5 Å². The molecule has 5 nitrogen and oxygen atoms in total. The minimum absolute atomic E-state index is 0.550. The molecular weight excluding hydrogens is 288 g/mol. The van der Waals surface area contributed by atoms with Gasteiger partial charge in [-0.1, -0.05) is 12.1 Å². The molecule has 0 radical (unpaired) electrons. The predicted octanol–water partition coefficient (Wildman–Crippen LogP) is 2.35. The molecule has 1 rings (SSSR count). The maximum absolute atomic E-state index is 11.5. The number of benzene rings is 1. The van der Waals surface area contributed by atoms with Crippen LogP contribution in [-0.4, -0.2) is 23.1 Å². The molecule has 0 spiro atoms. The van der Waals surface area contributed by atoms with E-state index in [1.54, 1.807) is 12.1 Å². The van der Waals surface area contributed by atoms with E-state index >= 15 is 0 Å². The van der Waals surface area contributed by atoms with Crippen molar-refractivity contribution in [2.24, 2.45) is 0 Å². The zero-order chi connectivity index (χ0) is 13.0. The van der Waals surface area contributed by atoms with Gasteiger partial charge in [0.2, 0.25) is 0 Å². The summed E-state index contributed by atoms with van der Waals surface area (Å²) in [6, 6.07) is 3.94. The van der Waals surface area contributed by atoms with Crippen LogP contribution in [0.4, 0.5) is 10.5 Å². The van der Waals surface area contributed by atoms with E-state index in [2.05, 4.69) is 26.6 Å². The maximum Gasteiger partial charge on any atom is 0.325 e. The van der Waals surface area contributed by atoms with E-state index in [9.17, 15) is 9.59 Å². The number of aryl methyl sites for hydroxylation is 1. The zero-order valence-electron chi connectivity index (χ0n) is 9.45. The molecule has 1 atom stereocenters. The van der Waals surface area contributed by atoms with E-state index < -0.39 is 18.0 Å². The van der Waals surface area contributed by atoms with Crippen molar-refractivity contribution in [3.63, 3.8) is 0 Å². The van der Waals surface area contributed by atoms with Gasteiger partial charge in [-0.25, -0.2) is 4.79 Å². The molecule has 0 saturated carbocycles. The van der Waals surface area contributed by atoms with E-state index in [1.165, 1.54) is 6.92 Å². The lowest BCUT2D eigenvalue weighted by Crippen LogP contribution is -2.40. The van der Waals surface area contributed by atoms with Gasteiger partial charge in [0.25, 0.3) is 0 Å². The molecule has 0 aliphatic rings. The average Bonchev–Trinajstić information content (AvgIpc) is 2.24. The Kier molecular flexibility index (Phi) is 4.51. The number of rotatable bonds is 3. The van der Waals surface area contributed by atoms with Crippen molar-refractivity contribution in [1.82, 2.24) is 5.32 Å². The smallest absolute Gasteiger partial charge is 0.325 e. The van der Waals surface area contributed by atoms with E-state index in [0.717, 1.165) is 10.0 Å². The number of carbonyl (C=O) groups excluding carboxylic acids is 1. The van der Waals surface area contributed by atoms with Crippen LogP contribution >= 0.6 is 15.9 Å². The molecule has 0 saturated heterocycles. The molecule has 17 heavy (non-hydrogen) atoms. The Morgan fingerprint density at radius 1 is 1.41 bits per heavy atom. The van der Waals surface area contributed by atoms with Crippen molar-refractivity contribution in [1.29, 1.82) is 0 Å². The molecule has 0 heterocycles. The van der Waals surface area contributed by atoms with Crippen molar-refractivity contribution in [2.75, 3.05) is 5.32 Å². The largest absolute Gasteiger partial charge is 0.480 e. The third-order valence-electron chi connectivity index (χ3n) is 2.16. The van der Waals surface area contributed by atoms with Crippen LogP contribution in [0.2, 0.25) is 0 Å². The SMILES string of the molecule is Cc1cccc(NC(=O)N[C@@H](C)C(=O)O)c1Br. The highest BCUT2D eigenvalue weighted by atomic mass is 79.9. The third kappa shape index (κ3) is 3.74. The number of carboxylic acids is 1. The summed E-state index contributed by atoms with van der Waals surface area (Å²) in [5.41, 5.74) is 1.58. The topological polar surface area (TPSA) is 78.4 Å². The van der Waals surface area contributed by atoms with Gasteiger partial charge < -0.3 is 15.7 Å². The van der Waals surface area contributed by atoms with Gasteiger partial charge in [0, 0.05) is 4.47 Å². The van der Waals surface area contributed by atoms with Gasteiger partial charge in [-0.05, 0) is 41.4 Å². The first-order valence-electron chi connectivity index (χ1n) is 4.97. The van der Waals surface area contributed by atoms with Crippen LogP contribution in [-0.2, 0) is 4.79 Å². The van der Waals surface area contributed by atoms with Crippen molar-refractivity contribution in [3.8, 4) is 0 Å². The number of aliphatic carboxylic acids is 1. The van der Waals surface area contributed by atoms with Gasteiger partial charge in [0.05, 0.1) is 5.69 Å². The third-order valence-corrected chi connectivity index (χ3v) is 3.21. The highest BCUT2D eigenvalue weighted by molar-refractivity contribution is 9.10. The number of hydrogen-bond acceptors (Lipinski definition) is 2. The molecule has 0 aliphatic carbocycles. The predicted molar refractivity (Wildman–Crippen MR) is 68.1 cm³/mol. The van der Waals surface area contributed by atoms with Crippen molar-refractivity contribution < 1.29 is 14.7 Å². The summed E-state index contributed by atoms with van der Waals surface area (Å²) in [6.45, 7) is 3.29. The fourth-order valence-corrected chi connectivity index (χ4v) is 1.52. The first kappa shape index (κ1) is 13.5. The van der Waals surface area contributed by atoms with Gasteiger partial charge in [-0.2, -0.15) is 0 Å². The number of anilines is 1. The Morgan fingerprint density at radius 3 is 2.65 bits per heavy atom. The molecule has 0 aliphatic heterocycles. The Balaban J connectivity index is 2.69. The van der Waals surface area contributed by atoms with Gasteiger partial charge in [0.15, 0.2) is 0 Å². The van der Waals surface area contributed by atoms with Gasteiger partial charge in [-0.15, -0.1) is 0 Å². The summed E-state index contributed by atoms with van der Waals surface area (Å²) in [5.74, 6) is -1.08. The first-order chi connectivity index (χ1) is 7.91. The lowest BCUT2D eigenvalue weighted by molar-refractivity contribution is -0.138. The summed E-state index contributed by atoms with van der Waals surface area (Å²) >= 11 is 3.35. The molecule has 0 unspecified atom stereocenters. The molecule has 0 fully saturated rings. The number of nitrogens with one attached hydrogen (secondary N) is 2. The standard InChI is InChI=1S/C11H13BrN2O3/c1-6-4-3-5-8(9(6)12)14-11(17)13-7(2)10(15)16/h3-5,7H,1-2H3,(H,15,16)(H2,13,14,17)/t7-/m0/s1. The molecule has 92 valence electrons. The number of amides is 2. The first-order valence-corrected chi connectivity index (χ1v) is 5.76. The Hall–Kier alpha value is -1.56. The van der Waals surface area contributed by atoms with Crippen LogP contribution in [0.3, 0.4) is 0 Å². The van der Waals surface area contributed by atoms with Crippen molar-refractivity contribution >= 4 is 33.6 Å². The second kappa shape index (κ2) is 5.67. The highest BCUT2D eigenvalue weighted by Crippen LogP contribution is 2.25. The van der Waals surface area contributed by atoms with Crippen LogP contribution in [0.15, 0.2) is 22.7 Å². The molecule has 0 bridgehead atoms. The van der Waals surface area contributed by atoms with Crippen molar-refractivity contribution in [2.45, 2.75) is 19.9 Å². The van der Waals surface area contributed by atoms with Crippen LogP contribution in [0, 0.1) is 6.92 Å². The molecule has 2 amide bonds. The summed E-state index contributed by atoms with van der Waals surface area (Å²) in [5, 5.41) is 13.5. The molecule has 3 N–H and O–H groups in total. The van der Waals surface area contributed by atoms with Crippen LogP contribution < -0.4 is 10.6 Å². The highest BCUT2D eigenvalue weighted by Gasteiger charge is 2.14. The van der Waals surface area contributed by atoms with Crippen LogP contribution in [0.5, 0.6) is 0 Å². The van der Waals surface area contributed by atoms with Crippen LogP contribution in [0.25, 0.3) is 0 Å². The Labute approximate surface area is 107 Å². The lowest BCUT2D eigenvalue weighted by Gasteiger charge is -2.12. The molecule has 1 aromatic rings. The number of carboxylic acid groups (broad SMARTS) is 1. The molecule has 0 aromatic heterocycles. The second-order valence-corrected chi connectivity index (χ2v) is 4.39. The Bertz CT molecular complexity index is 448. The normalized spacial score (nSPS) is 11.7. The average molecular weight is 301 g/mol. The van der Waals surface area contributed by atoms with E-state index in [0.29, 0.717) is 5.69 Å². The fraction of sp³-hybridized carbons (Fsp3) is 0.273. The second-order valence-electron chi connectivity index (χ2n) is 3.59. The van der Waals surface area contributed by atoms with Gasteiger partial charge >= 0.3 is 12.0 Å². The minimum Gasteiger partial charge on any atom is -0.480 e. The van der Waals surface area contributed by atoms with E-state index in [1.807, 2.05) is 13.0 Å². The van der Waals surface area contributed by atoms with E-state index in [-0.39, 0.29) is 0 Å². The van der Waals surface area contributed by atoms with E-state index in [4.69, 9.17) is 5.11 Å². The summed E-state index contributed by atoms with van der Waals surface area (Å²) in [4.78, 5) is 22.0. The summed E-state index contributed by atoms with van der Waals surface area (Å²) < 4.78 is 0.776. The van der Waals surface area contributed by atoms with Gasteiger partial charge in [0.1, 0.15) is 6.04 Å². The fourth-order valence-electron chi connectivity index (χ4n) is 1.16. The maximum atomic E-state index is 11.5. The summed E-state index contributed by atoms with van der Waals surface area (Å²) in [6.07, 6.45) is 0. The number of hydrogen-bond donors (Lipinski definition) is 3. The number of carbonyl (C=O) groups is 2. The minimum atomic E-state index is -1.08. The quantitative estimate of drug-likeness (QED) is 0.802. The molecule has 6 heteroatoms. The number of urea groups is 1. The lowest BCUT2D eigenvalue weighted by atomic mass is 10.2. The zero-order valence-corrected chi connectivity index (χ0v) is 11.0. The molecule has 1 aromatic carbocycles. The van der Waals surface area contributed by atoms with Crippen molar-refractivity contribution in [3.05, 3.63) is 28.2 Å².